The molecule has 0 spiro atoms. The molecule has 0 radical (unpaired) electrons. The summed E-state index contributed by atoms with van der Waals surface area (Å²) in [5.41, 5.74) is 0.582. The molecule has 0 saturated heterocycles. The standard InChI is InChI=1S/C12H15NO3/c1-3-9(14)8-12(15)13-10-6-4-5-7-11(10)16-2/h4-7H,3,8H2,1-2H3,(H,13,15). The maximum absolute atomic E-state index is 11.5. The number of Topliss-reactive ketones (excluding diaryl/α,β-unsaturated/α-hetero) is 1. The number of hydrogen-bond acceptors (Lipinski definition) is 3. The van der Waals surface area contributed by atoms with Crippen molar-refractivity contribution in [1.29, 1.82) is 0 Å². The zero-order valence-electron chi connectivity index (χ0n) is 9.45. The van der Waals surface area contributed by atoms with Crippen LogP contribution in [0.4, 0.5) is 5.69 Å². The number of benzene rings is 1. The van der Waals surface area contributed by atoms with E-state index in [4.69, 9.17) is 4.74 Å². The Kier molecular flexibility index (Phi) is 4.51. The summed E-state index contributed by atoms with van der Waals surface area (Å²) in [7, 11) is 1.53. The minimum Gasteiger partial charge on any atom is -0.495 e. The van der Waals surface area contributed by atoms with E-state index in [1.54, 1.807) is 25.1 Å². The fourth-order valence-electron chi connectivity index (χ4n) is 1.25. The van der Waals surface area contributed by atoms with Crippen LogP contribution in [0.1, 0.15) is 19.8 Å². The van der Waals surface area contributed by atoms with Crippen LogP contribution < -0.4 is 10.1 Å². The van der Waals surface area contributed by atoms with E-state index in [9.17, 15) is 9.59 Å². The maximum atomic E-state index is 11.5. The number of carbonyl (C=O) groups excluding carboxylic acids is 2. The first-order chi connectivity index (χ1) is 7.67. The highest BCUT2D eigenvalue weighted by atomic mass is 16.5. The minimum absolute atomic E-state index is 0.0765. The Hall–Kier alpha value is -1.84. The van der Waals surface area contributed by atoms with Crippen molar-refractivity contribution in [2.75, 3.05) is 12.4 Å². The normalized spacial score (nSPS) is 9.62. The van der Waals surface area contributed by atoms with Crippen LogP contribution in [0.25, 0.3) is 0 Å². The van der Waals surface area contributed by atoms with Crippen molar-refractivity contribution in [1.82, 2.24) is 0 Å². The molecule has 1 amide bonds. The van der Waals surface area contributed by atoms with Gasteiger partial charge in [-0.15, -0.1) is 0 Å². The van der Waals surface area contributed by atoms with E-state index >= 15 is 0 Å². The SMILES string of the molecule is CCC(=O)CC(=O)Nc1ccccc1OC. The lowest BCUT2D eigenvalue weighted by molar-refractivity contribution is -0.125. The molecule has 1 N–H and O–H groups in total. The third-order valence-electron chi connectivity index (χ3n) is 2.13. The summed E-state index contributed by atoms with van der Waals surface area (Å²) in [6, 6.07) is 7.08. The second kappa shape index (κ2) is 5.90. The van der Waals surface area contributed by atoms with Gasteiger partial charge < -0.3 is 10.1 Å². The van der Waals surface area contributed by atoms with Crippen LogP contribution in [0.15, 0.2) is 24.3 Å². The van der Waals surface area contributed by atoms with Gasteiger partial charge >= 0.3 is 0 Å². The van der Waals surface area contributed by atoms with E-state index < -0.39 is 0 Å². The molecule has 16 heavy (non-hydrogen) atoms. The number of ketones is 1. The predicted molar refractivity (Wildman–Crippen MR) is 61.5 cm³/mol. The van der Waals surface area contributed by atoms with Crippen molar-refractivity contribution in [3.05, 3.63) is 24.3 Å². The number of ether oxygens (including phenoxy) is 1. The molecule has 0 aliphatic carbocycles. The van der Waals surface area contributed by atoms with Crippen LogP contribution in [0.2, 0.25) is 0 Å². The van der Waals surface area contributed by atoms with E-state index in [1.165, 1.54) is 7.11 Å². The highest BCUT2D eigenvalue weighted by molar-refractivity contribution is 6.04. The van der Waals surface area contributed by atoms with Crippen LogP contribution >= 0.6 is 0 Å². The van der Waals surface area contributed by atoms with Crippen LogP contribution in [0.3, 0.4) is 0 Å². The maximum Gasteiger partial charge on any atom is 0.231 e. The lowest BCUT2D eigenvalue weighted by Gasteiger charge is -2.08. The third-order valence-corrected chi connectivity index (χ3v) is 2.13. The second-order valence-electron chi connectivity index (χ2n) is 3.32. The van der Waals surface area contributed by atoms with Gasteiger partial charge in [0.1, 0.15) is 11.5 Å². The van der Waals surface area contributed by atoms with E-state index in [1.807, 2.05) is 6.07 Å². The Labute approximate surface area is 94.6 Å². The lowest BCUT2D eigenvalue weighted by atomic mass is 10.2. The number of methoxy groups -OCH3 is 1. The molecule has 0 aromatic heterocycles. The van der Waals surface area contributed by atoms with Gasteiger partial charge in [0.05, 0.1) is 19.2 Å². The average Bonchev–Trinajstić information content (AvgIpc) is 2.29. The van der Waals surface area contributed by atoms with Crippen molar-refractivity contribution < 1.29 is 14.3 Å². The van der Waals surface area contributed by atoms with E-state index in [-0.39, 0.29) is 18.1 Å². The predicted octanol–water partition coefficient (Wildman–Crippen LogP) is 2.00. The zero-order valence-corrected chi connectivity index (χ0v) is 9.45. The molecule has 4 heteroatoms. The molecule has 86 valence electrons. The van der Waals surface area contributed by atoms with Crippen molar-refractivity contribution >= 4 is 17.4 Å². The molecular formula is C12H15NO3. The smallest absolute Gasteiger partial charge is 0.231 e. The molecule has 1 aromatic carbocycles. The van der Waals surface area contributed by atoms with Crippen molar-refractivity contribution in [3.8, 4) is 5.75 Å². The van der Waals surface area contributed by atoms with Crippen LogP contribution in [0, 0.1) is 0 Å². The third kappa shape index (κ3) is 3.38. The number of carbonyl (C=O) groups is 2. The molecular weight excluding hydrogens is 206 g/mol. The van der Waals surface area contributed by atoms with Gasteiger partial charge in [0.2, 0.25) is 5.91 Å². The molecule has 0 atom stereocenters. The highest BCUT2D eigenvalue weighted by Crippen LogP contribution is 2.22. The summed E-state index contributed by atoms with van der Waals surface area (Å²) >= 11 is 0. The monoisotopic (exact) mass is 221 g/mol. The summed E-state index contributed by atoms with van der Waals surface area (Å²) in [4.78, 5) is 22.5. The number of rotatable bonds is 5. The number of hydrogen-bond donors (Lipinski definition) is 1. The van der Waals surface area contributed by atoms with E-state index in [2.05, 4.69) is 5.32 Å². The van der Waals surface area contributed by atoms with Crippen molar-refractivity contribution in [3.63, 3.8) is 0 Å². The van der Waals surface area contributed by atoms with Gasteiger partial charge in [-0.05, 0) is 12.1 Å². The van der Waals surface area contributed by atoms with Gasteiger partial charge in [-0.3, -0.25) is 9.59 Å². The Morgan fingerprint density at radius 1 is 1.31 bits per heavy atom. The zero-order chi connectivity index (χ0) is 12.0. The molecule has 0 aliphatic rings. The Balaban J connectivity index is 2.65. The first kappa shape index (κ1) is 12.2. The Bertz CT molecular complexity index is 388. The molecule has 0 heterocycles. The van der Waals surface area contributed by atoms with Gasteiger partial charge in [0.25, 0.3) is 0 Å². The number of anilines is 1. The topological polar surface area (TPSA) is 55.4 Å². The largest absolute Gasteiger partial charge is 0.495 e. The lowest BCUT2D eigenvalue weighted by Crippen LogP contribution is -2.16. The fraction of sp³-hybridized carbons (Fsp3) is 0.333. The first-order valence-corrected chi connectivity index (χ1v) is 5.12. The van der Waals surface area contributed by atoms with Gasteiger partial charge in [0.15, 0.2) is 0 Å². The molecule has 0 unspecified atom stereocenters. The van der Waals surface area contributed by atoms with Crippen LogP contribution in [-0.4, -0.2) is 18.8 Å². The van der Waals surface area contributed by atoms with Crippen molar-refractivity contribution in [2.45, 2.75) is 19.8 Å². The Morgan fingerprint density at radius 2 is 2.00 bits per heavy atom. The second-order valence-corrected chi connectivity index (χ2v) is 3.32. The fourth-order valence-corrected chi connectivity index (χ4v) is 1.25. The van der Waals surface area contributed by atoms with E-state index in [0.29, 0.717) is 17.9 Å². The Morgan fingerprint density at radius 3 is 2.62 bits per heavy atom. The first-order valence-electron chi connectivity index (χ1n) is 5.12. The van der Waals surface area contributed by atoms with Gasteiger partial charge in [-0.2, -0.15) is 0 Å². The number of amides is 1. The molecule has 0 bridgehead atoms. The highest BCUT2D eigenvalue weighted by Gasteiger charge is 2.09. The number of para-hydroxylation sites is 2. The molecule has 0 saturated carbocycles. The molecule has 1 aromatic rings. The summed E-state index contributed by atoms with van der Waals surface area (Å²) in [5.74, 6) is 0.198. The average molecular weight is 221 g/mol. The summed E-state index contributed by atoms with van der Waals surface area (Å²) in [6.45, 7) is 1.73. The summed E-state index contributed by atoms with van der Waals surface area (Å²) in [5, 5.41) is 2.64. The van der Waals surface area contributed by atoms with E-state index in [0.717, 1.165) is 0 Å². The van der Waals surface area contributed by atoms with Crippen LogP contribution in [-0.2, 0) is 9.59 Å². The number of nitrogens with one attached hydrogen (secondary N) is 1. The molecule has 0 fully saturated rings. The van der Waals surface area contributed by atoms with Gasteiger partial charge in [0, 0.05) is 6.42 Å². The minimum atomic E-state index is -0.309. The van der Waals surface area contributed by atoms with Gasteiger partial charge in [-0.1, -0.05) is 19.1 Å². The summed E-state index contributed by atoms with van der Waals surface area (Å²) < 4.78 is 5.08. The summed E-state index contributed by atoms with van der Waals surface area (Å²) in [6.07, 6.45) is 0.286. The van der Waals surface area contributed by atoms with Gasteiger partial charge in [-0.25, -0.2) is 0 Å². The molecule has 0 aliphatic heterocycles. The molecule has 4 nitrogen and oxygen atoms in total. The molecule has 1 rings (SSSR count). The quantitative estimate of drug-likeness (QED) is 0.774. The van der Waals surface area contributed by atoms with Crippen LogP contribution in [0.5, 0.6) is 5.75 Å². The van der Waals surface area contributed by atoms with Crippen molar-refractivity contribution in [2.24, 2.45) is 0 Å².